The third kappa shape index (κ3) is 6.97. The number of hydrogen-bond acceptors (Lipinski definition) is 6. The third-order valence-electron chi connectivity index (χ3n) is 7.02. The van der Waals surface area contributed by atoms with Gasteiger partial charge in [0.2, 0.25) is 0 Å². The highest BCUT2D eigenvalue weighted by atomic mass is 16.5. The number of benzene rings is 2. The molecule has 0 radical (unpaired) electrons. The molecule has 0 aliphatic heterocycles. The summed E-state index contributed by atoms with van der Waals surface area (Å²) in [5, 5.41) is 28.3. The van der Waals surface area contributed by atoms with Crippen LogP contribution in [-0.2, 0) is 37.3 Å². The molecule has 0 saturated heterocycles. The molecule has 0 saturated carbocycles. The van der Waals surface area contributed by atoms with Crippen molar-refractivity contribution >= 4 is 5.97 Å². The van der Waals surface area contributed by atoms with Gasteiger partial charge in [0.1, 0.15) is 0 Å². The van der Waals surface area contributed by atoms with Crippen molar-refractivity contribution in [1.82, 2.24) is 4.90 Å². The second-order valence-corrected chi connectivity index (χ2v) is 9.51. The lowest BCUT2D eigenvalue weighted by atomic mass is 9.77. The molecule has 1 aliphatic carbocycles. The summed E-state index contributed by atoms with van der Waals surface area (Å²) < 4.78 is 10.9. The van der Waals surface area contributed by atoms with E-state index in [4.69, 9.17) is 9.47 Å². The number of carboxylic acids is 1. The van der Waals surface area contributed by atoms with E-state index in [0.717, 1.165) is 74.2 Å². The zero-order valence-corrected chi connectivity index (χ0v) is 21.2. The number of methoxy groups -OCH3 is 2. The molecule has 7 nitrogen and oxygen atoms in total. The van der Waals surface area contributed by atoms with Gasteiger partial charge in [0, 0.05) is 12.5 Å². The maximum atomic E-state index is 11.3. The molecule has 0 fully saturated rings. The van der Waals surface area contributed by atoms with Crippen LogP contribution in [0, 0.1) is 0 Å². The third-order valence-corrected chi connectivity index (χ3v) is 7.02. The molecule has 7 heteroatoms. The predicted octanol–water partition coefficient (Wildman–Crippen LogP) is 3.69. The van der Waals surface area contributed by atoms with Crippen LogP contribution in [0.4, 0.5) is 0 Å². The minimum atomic E-state index is -0.887. The highest BCUT2D eigenvalue weighted by molar-refractivity contribution is 5.71. The lowest BCUT2D eigenvalue weighted by molar-refractivity contribution is -0.136. The predicted molar refractivity (Wildman–Crippen MR) is 135 cm³/mol. The summed E-state index contributed by atoms with van der Waals surface area (Å²) in [6.45, 7) is 1.71. The normalized spacial score (nSPS) is 14.5. The van der Waals surface area contributed by atoms with Crippen LogP contribution in [0.2, 0.25) is 0 Å². The number of carbonyl (C=O) groups is 1. The fourth-order valence-corrected chi connectivity index (χ4v) is 5.07. The van der Waals surface area contributed by atoms with Gasteiger partial charge in [0.15, 0.2) is 11.5 Å². The molecule has 192 valence electrons. The summed E-state index contributed by atoms with van der Waals surface area (Å²) in [6.07, 6.45) is 6.06. The zero-order chi connectivity index (χ0) is 25.4. The fourth-order valence-electron chi connectivity index (χ4n) is 5.07. The van der Waals surface area contributed by atoms with E-state index >= 15 is 0 Å². The number of aliphatic hydroxyl groups excluding tert-OH is 2. The molecule has 2 aromatic carbocycles. The SMILES string of the molecule is COc1cc2c(cc1OC)[C@@H](CN(C)CCCCCCc1cc(CO)c(CO)cc1CC(=O)O)C2. The van der Waals surface area contributed by atoms with Gasteiger partial charge in [-0.1, -0.05) is 25.0 Å². The van der Waals surface area contributed by atoms with Crippen molar-refractivity contribution < 1.29 is 29.6 Å². The van der Waals surface area contributed by atoms with Crippen LogP contribution < -0.4 is 9.47 Å². The van der Waals surface area contributed by atoms with Crippen molar-refractivity contribution in [3.8, 4) is 11.5 Å². The molecule has 0 amide bonds. The molecule has 0 aromatic heterocycles. The highest BCUT2D eigenvalue weighted by Gasteiger charge is 2.29. The quantitative estimate of drug-likeness (QED) is 0.331. The van der Waals surface area contributed by atoms with E-state index in [1.807, 2.05) is 6.07 Å². The lowest BCUT2D eigenvalue weighted by Gasteiger charge is -2.34. The van der Waals surface area contributed by atoms with Crippen molar-refractivity contribution in [1.29, 1.82) is 0 Å². The number of nitrogens with zero attached hydrogens (tertiary/aromatic N) is 1. The molecular weight excluding hydrogens is 446 g/mol. The molecule has 35 heavy (non-hydrogen) atoms. The van der Waals surface area contributed by atoms with Gasteiger partial charge >= 0.3 is 5.97 Å². The van der Waals surface area contributed by atoms with E-state index in [2.05, 4.69) is 24.1 Å². The second kappa shape index (κ2) is 12.9. The van der Waals surface area contributed by atoms with Gasteiger partial charge in [-0.25, -0.2) is 0 Å². The molecule has 1 atom stereocenters. The molecule has 0 bridgehead atoms. The van der Waals surface area contributed by atoms with Crippen molar-refractivity contribution in [2.75, 3.05) is 34.4 Å². The molecule has 0 heterocycles. The van der Waals surface area contributed by atoms with Crippen LogP contribution in [0.1, 0.15) is 65.0 Å². The van der Waals surface area contributed by atoms with Crippen molar-refractivity contribution in [3.05, 3.63) is 57.6 Å². The van der Waals surface area contributed by atoms with Crippen molar-refractivity contribution in [2.45, 2.75) is 64.1 Å². The summed E-state index contributed by atoms with van der Waals surface area (Å²) >= 11 is 0. The van der Waals surface area contributed by atoms with Crippen molar-refractivity contribution in [3.63, 3.8) is 0 Å². The van der Waals surface area contributed by atoms with Gasteiger partial charge in [0.25, 0.3) is 0 Å². The number of carboxylic acid groups (broad SMARTS) is 1. The molecule has 3 N–H and O–H groups in total. The standard InChI is InChI=1S/C28H39NO6/c1-29(16-22-12-21-13-26(34-2)27(35-3)15-25(21)22)9-7-5-4-6-8-19-10-23(17-30)24(18-31)11-20(19)14-28(32)33/h10-11,13,15,22,30-31H,4-9,12,14,16-18H2,1-3H3,(H,32,33)/t22-/m1/s1. The Morgan fingerprint density at radius 1 is 0.914 bits per heavy atom. The molecule has 2 aromatic rings. The topological polar surface area (TPSA) is 99.5 Å². The van der Waals surface area contributed by atoms with Gasteiger partial charge in [-0.05, 0) is 84.8 Å². The molecule has 3 rings (SSSR count). The van der Waals surface area contributed by atoms with E-state index in [-0.39, 0.29) is 19.6 Å². The van der Waals surface area contributed by atoms with Crippen LogP contribution in [0.15, 0.2) is 24.3 Å². The molecular formula is C28H39NO6. The smallest absolute Gasteiger partial charge is 0.307 e. The van der Waals surface area contributed by atoms with Crippen LogP contribution in [-0.4, -0.2) is 60.5 Å². The molecule has 0 spiro atoms. The Balaban J connectivity index is 1.42. The summed E-state index contributed by atoms with van der Waals surface area (Å²) in [5.74, 6) is 1.24. The first-order valence-corrected chi connectivity index (χ1v) is 12.4. The first-order chi connectivity index (χ1) is 16.9. The van der Waals surface area contributed by atoms with Crippen molar-refractivity contribution in [2.24, 2.45) is 0 Å². The maximum Gasteiger partial charge on any atom is 0.307 e. The molecule has 1 aliphatic rings. The Morgan fingerprint density at radius 3 is 2.17 bits per heavy atom. The Bertz CT molecular complexity index is 1010. The van der Waals surface area contributed by atoms with E-state index < -0.39 is 5.97 Å². The van der Waals surface area contributed by atoms with Gasteiger partial charge in [-0.3, -0.25) is 4.79 Å². The Labute approximate surface area is 208 Å². The number of aliphatic carboxylic acids is 1. The average Bonchev–Trinajstić information content (AvgIpc) is 2.84. The summed E-state index contributed by atoms with van der Waals surface area (Å²) in [5.41, 5.74) is 5.67. The number of fused-ring (bicyclic) bond motifs is 1. The van der Waals surface area contributed by atoms with Crippen LogP contribution >= 0.6 is 0 Å². The van der Waals surface area contributed by atoms with E-state index in [1.54, 1.807) is 20.3 Å². The first kappa shape index (κ1) is 27.0. The number of likely N-dealkylation sites (N-methyl/N-ethyl adjacent to an activating group) is 1. The van der Waals surface area contributed by atoms with Gasteiger partial charge in [0.05, 0.1) is 33.9 Å². The average molecular weight is 486 g/mol. The summed E-state index contributed by atoms with van der Waals surface area (Å²) in [4.78, 5) is 13.7. The van der Waals surface area contributed by atoms with Gasteiger partial charge in [-0.15, -0.1) is 0 Å². The fraction of sp³-hybridized carbons (Fsp3) is 0.536. The summed E-state index contributed by atoms with van der Waals surface area (Å²) in [6, 6.07) is 7.80. The number of hydrogen-bond donors (Lipinski definition) is 3. The Hall–Kier alpha value is -2.61. The number of unbranched alkanes of at least 4 members (excludes halogenated alkanes) is 3. The maximum absolute atomic E-state index is 11.3. The van der Waals surface area contributed by atoms with E-state index in [0.29, 0.717) is 17.0 Å². The number of rotatable bonds is 15. The molecule has 0 unspecified atom stereocenters. The van der Waals surface area contributed by atoms with Crippen LogP contribution in [0.25, 0.3) is 0 Å². The first-order valence-electron chi connectivity index (χ1n) is 12.4. The van der Waals surface area contributed by atoms with Crippen LogP contribution in [0.3, 0.4) is 0 Å². The Kier molecular flexibility index (Phi) is 9.95. The number of aliphatic hydroxyl groups is 2. The largest absolute Gasteiger partial charge is 0.493 e. The van der Waals surface area contributed by atoms with Gasteiger partial charge in [-0.2, -0.15) is 0 Å². The van der Waals surface area contributed by atoms with Gasteiger partial charge < -0.3 is 29.7 Å². The number of aryl methyl sites for hydroxylation is 1. The zero-order valence-electron chi connectivity index (χ0n) is 21.2. The Morgan fingerprint density at radius 2 is 1.54 bits per heavy atom. The lowest BCUT2D eigenvalue weighted by Crippen LogP contribution is -2.31. The monoisotopic (exact) mass is 485 g/mol. The number of ether oxygens (including phenoxy) is 2. The second-order valence-electron chi connectivity index (χ2n) is 9.51. The minimum Gasteiger partial charge on any atom is -0.493 e. The highest BCUT2D eigenvalue weighted by Crippen LogP contribution is 2.42. The van der Waals surface area contributed by atoms with Crippen LogP contribution in [0.5, 0.6) is 11.5 Å². The summed E-state index contributed by atoms with van der Waals surface area (Å²) in [7, 11) is 5.52. The van der Waals surface area contributed by atoms with E-state index in [1.165, 1.54) is 11.1 Å². The van der Waals surface area contributed by atoms with E-state index in [9.17, 15) is 20.1 Å². The minimum absolute atomic E-state index is 0.0677.